The number of aromatic nitrogens is 3. The predicted molar refractivity (Wildman–Crippen MR) is 314 cm³/mol. The summed E-state index contributed by atoms with van der Waals surface area (Å²) in [5.74, 6) is 0. The number of nitrogens with zero attached hydrogens (tertiary/aromatic N) is 3. The van der Waals surface area contributed by atoms with Crippen LogP contribution in [0.4, 0.5) is 0 Å². The molecule has 0 atom stereocenters. The van der Waals surface area contributed by atoms with Gasteiger partial charge in [-0.05, 0) is 142 Å². The minimum atomic E-state index is 1.15. The highest BCUT2D eigenvalue weighted by atomic mass is 15.0. The molecule has 0 unspecified atom stereocenters. The molecule has 0 aliphatic rings. The molecule has 350 valence electrons. The van der Waals surface area contributed by atoms with Crippen molar-refractivity contribution in [3.8, 4) is 61.6 Å². The van der Waals surface area contributed by atoms with Crippen molar-refractivity contribution in [2.75, 3.05) is 0 Å². The average Bonchev–Trinajstić information content (AvgIpc) is 4.11. The van der Waals surface area contributed by atoms with E-state index in [9.17, 15) is 0 Å². The van der Waals surface area contributed by atoms with Crippen LogP contribution in [-0.4, -0.2) is 13.7 Å². The van der Waals surface area contributed by atoms with Crippen molar-refractivity contribution in [3.05, 3.63) is 261 Å². The number of benzene rings is 11. The SMILES string of the molecule is CC.CC.c1ccc(-c2ccc3c4cc(-c5ccc6c(c5)c5cc(-c7ccc8c(c7)c7ccc(-c9ccccc9)cc7n8-c7ccccc7)ccc5n6-c5ccccc5)ccc4n(-c4ccccc4)c3c2)cc1. The Hall–Kier alpha value is -9.18. The van der Waals surface area contributed by atoms with Crippen LogP contribution < -0.4 is 0 Å². The van der Waals surface area contributed by atoms with Crippen molar-refractivity contribution in [1.82, 2.24) is 13.7 Å². The zero-order valence-electron chi connectivity index (χ0n) is 41.7. The smallest absolute Gasteiger partial charge is 0.0547 e. The summed E-state index contributed by atoms with van der Waals surface area (Å²) in [4.78, 5) is 0. The standard InChI is InChI=1S/C66H43N3.2C2H6/c1-6-16-44(17-7-1)50-26-32-55-57-38-46(28-34-61(57)68(65(55)42-50)53-22-12-4-13-23-53)48-30-36-63-59(40-48)60-41-49(31-37-64(60)67(63)52-20-10-3-11-21-52)47-29-35-62-58(39-47)56-33-27-51(45-18-8-2-9-19-45)43-66(56)69(62)54-24-14-5-15-25-54;2*1-2/h1-43H;2*1-2H3. The van der Waals surface area contributed by atoms with E-state index in [0.717, 1.165) is 17.1 Å². The molecule has 73 heavy (non-hydrogen) atoms. The largest absolute Gasteiger partial charge is 0.309 e. The van der Waals surface area contributed by atoms with Crippen LogP contribution in [0.2, 0.25) is 0 Å². The predicted octanol–water partition coefficient (Wildman–Crippen LogP) is 19.7. The zero-order chi connectivity index (χ0) is 49.4. The topological polar surface area (TPSA) is 14.8 Å². The highest BCUT2D eigenvalue weighted by molar-refractivity contribution is 6.15. The highest BCUT2D eigenvalue weighted by Gasteiger charge is 2.19. The summed E-state index contributed by atoms with van der Waals surface area (Å²) < 4.78 is 7.25. The maximum Gasteiger partial charge on any atom is 0.0547 e. The number of hydrogen-bond acceptors (Lipinski definition) is 0. The van der Waals surface area contributed by atoms with Gasteiger partial charge in [-0.2, -0.15) is 0 Å². The lowest BCUT2D eigenvalue weighted by molar-refractivity contribution is 1.18. The number of para-hydroxylation sites is 3. The second-order valence-corrected chi connectivity index (χ2v) is 18.1. The van der Waals surface area contributed by atoms with Gasteiger partial charge in [-0.25, -0.2) is 0 Å². The Morgan fingerprint density at radius 3 is 0.712 bits per heavy atom. The van der Waals surface area contributed by atoms with E-state index in [0.29, 0.717) is 0 Å². The third-order valence-corrected chi connectivity index (χ3v) is 14.2. The highest BCUT2D eigenvalue weighted by Crippen LogP contribution is 2.42. The zero-order valence-corrected chi connectivity index (χ0v) is 41.7. The van der Waals surface area contributed by atoms with Gasteiger partial charge in [-0.3, -0.25) is 0 Å². The maximum absolute atomic E-state index is 2.42. The minimum Gasteiger partial charge on any atom is -0.309 e. The first kappa shape index (κ1) is 45.0. The van der Waals surface area contributed by atoms with Crippen LogP contribution in [0.1, 0.15) is 27.7 Å². The lowest BCUT2D eigenvalue weighted by atomic mass is 9.98. The minimum absolute atomic E-state index is 1.15. The van der Waals surface area contributed by atoms with Crippen molar-refractivity contribution in [1.29, 1.82) is 0 Å². The summed E-state index contributed by atoms with van der Waals surface area (Å²) in [6.07, 6.45) is 0. The normalized spacial score (nSPS) is 11.3. The molecule has 0 aliphatic heterocycles. The van der Waals surface area contributed by atoms with Gasteiger partial charge in [0.05, 0.1) is 33.1 Å². The fourth-order valence-corrected chi connectivity index (χ4v) is 11.0. The fraction of sp³-hybridized carbons (Fsp3) is 0.0571. The molecule has 11 aromatic carbocycles. The lowest BCUT2D eigenvalue weighted by Crippen LogP contribution is -1.93. The van der Waals surface area contributed by atoms with E-state index in [-0.39, 0.29) is 0 Å². The van der Waals surface area contributed by atoms with Crippen LogP contribution in [-0.2, 0) is 0 Å². The van der Waals surface area contributed by atoms with Crippen molar-refractivity contribution in [2.45, 2.75) is 27.7 Å². The Bertz CT molecular complexity index is 4000. The van der Waals surface area contributed by atoms with Crippen molar-refractivity contribution in [3.63, 3.8) is 0 Å². The fourth-order valence-electron chi connectivity index (χ4n) is 11.0. The van der Waals surface area contributed by atoms with Gasteiger partial charge in [0.15, 0.2) is 0 Å². The van der Waals surface area contributed by atoms with E-state index < -0.39 is 0 Å². The Kier molecular flexibility index (Phi) is 11.8. The molecule has 0 spiro atoms. The van der Waals surface area contributed by atoms with Crippen molar-refractivity contribution >= 4 is 65.4 Å². The second-order valence-electron chi connectivity index (χ2n) is 18.1. The van der Waals surface area contributed by atoms with Gasteiger partial charge < -0.3 is 13.7 Å². The van der Waals surface area contributed by atoms with Crippen LogP contribution >= 0.6 is 0 Å². The Morgan fingerprint density at radius 2 is 0.411 bits per heavy atom. The molecule has 3 nitrogen and oxygen atoms in total. The number of rotatable bonds is 7. The number of hydrogen-bond donors (Lipinski definition) is 0. The molecule has 0 fully saturated rings. The quantitative estimate of drug-likeness (QED) is 0.151. The van der Waals surface area contributed by atoms with Gasteiger partial charge >= 0.3 is 0 Å². The van der Waals surface area contributed by atoms with Gasteiger partial charge in [0, 0.05) is 49.4 Å². The van der Waals surface area contributed by atoms with Crippen LogP contribution in [0.3, 0.4) is 0 Å². The monoisotopic (exact) mass is 937 g/mol. The molecule has 0 bridgehead atoms. The molecule has 14 aromatic rings. The van der Waals surface area contributed by atoms with Gasteiger partial charge in [0.2, 0.25) is 0 Å². The van der Waals surface area contributed by atoms with Gasteiger partial charge in [0.25, 0.3) is 0 Å². The molecular formula is C70H55N3. The molecule has 3 aromatic heterocycles. The molecule has 3 heteroatoms. The van der Waals surface area contributed by atoms with Crippen LogP contribution in [0.25, 0.3) is 127 Å². The first-order chi connectivity index (χ1) is 36.2. The molecule has 0 saturated carbocycles. The maximum atomic E-state index is 2.42. The Balaban J connectivity index is 0.00000133. The van der Waals surface area contributed by atoms with E-state index >= 15 is 0 Å². The molecular weight excluding hydrogens is 883 g/mol. The second kappa shape index (κ2) is 19.2. The van der Waals surface area contributed by atoms with E-state index in [2.05, 4.69) is 275 Å². The van der Waals surface area contributed by atoms with E-state index in [4.69, 9.17) is 0 Å². The van der Waals surface area contributed by atoms with Gasteiger partial charge in [-0.15, -0.1) is 0 Å². The van der Waals surface area contributed by atoms with Crippen molar-refractivity contribution < 1.29 is 0 Å². The molecule has 0 N–H and O–H groups in total. The van der Waals surface area contributed by atoms with Gasteiger partial charge in [0.1, 0.15) is 0 Å². The van der Waals surface area contributed by atoms with Crippen LogP contribution in [0, 0.1) is 0 Å². The molecule has 3 heterocycles. The first-order valence-electron chi connectivity index (χ1n) is 25.7. The molecule has 0 saturated heterocycles. The van der Waals surface area contributed by atoms with Gasteiger partial charge in [-0.1, -0.05) is 191 Å². The Morgan fingerprint density at radius 1 is 0.178 bits per heavy atom. The Labute approximate surface area is 427 Å². The summed E-state index contributed by atoms with van der Waals surface area (Å²) in [6, 6.07) is 95.5. The summed E-state index contributed by atoms with van der Waals surface area (Å²) >= 11 is 0. The van der Waals surface area contributed by atoms with E-state index in [1.165, 1.54) is 110 Å². The third-order valence-electron chi connectivity index (χ3n) is 14.2. The van der Waals surface area contributed by atoms with Crippen LogP contribution in [0.15, 0.2) is 261 Å². The van der Waals surface area contributed by atoms with E-state index in [1.54, 1.807) is 0 Å². The van der Waals surface area contributed by atoms with Crippen molar-refractivity contribution in [2.24, 2.45) is 0 Å². The van der Waals surface area contributed by atoms with Crippen LogP contribution in [0.5, 0.6) is 0 Å². The summed E-state index contributed by atoms with van der Waals surface area (Å²) in [5.41, 5.74) is 20.2. The lowest BCUT2D eigenvalue weighted by Gasteiger charge is -2.10. The molecule has 14 rings (SSSR count). The average molecular weight is 938 g/mol. The summed E-state index contributed by atoms with van der Waals surface area (Å²) in [5, 5.41) is 7.40. The summed E-state index contributed by atoms with van der Waals surface area (Å²) in [7, 11) is 0. The molecule has 0 radical (unpaired) electrons. The third kappa shape index (κ3) is 7.78. The molecule has 0 aliphatic carbocycles. The molecule has 0 amide bonds. The summed E-state index contributed by atoms with van der Waals surface area (Å²) in [6.45, 7) is 8.00. The number of fused-ring (bicyclic) bond motifs is 9. The van der Waals surface area contributed by atoms with E-state index in [1.807, 2.05) is 27.7 Å². The first-order valence-corrected chi connectivity index (χ1v) is 25.7.